The summed E-state index contributed by atoms with van der Waals surface area (Å²) in [6, 6.07) is 1.33. The second kappa shape index (κ2) is 6.99. The van der Waals surface area contributed by atoms with Crippen LogP contribution in [0.1, 0.15) is 64.7 Å². The van der Waals surface area contributed by atoms with Gasteiger partial charge in [-0.05, 0) is 50.4 Å². The van der Waals surface area contributed by atoms with E-state index in [-0.39, 0.29) is 0 Å². The number of nitrogens with one attached hydrogen (secondary N) is 1. The first-order chi connectivity index (χ1) is 8.29. The molecule has 2 saturated carbocycles. The van der Waals surface area contributed by atoms with Crippen LogP contribution in [0.25, 0.3) is 0 Å². The van der Waals surface area contributed by atoms with Gasteiger partial charge in [0.2, 0.25) is 0 Å². The minimum absolute atomic E-state index is 0.579. The van der Waals surface area contributed by atoms with E-state index in [2.05, 4.69) is 12.2 Å². The molecule has 2 fully saturated rings. The molecule has 2 rings (SSSR count). The molecule has 1 atom stereocenters. The van der Waals surface area contributed by atoms with Crippen LogP contribution in [0.4, 0.5) is 0 Å². The molecule has 2 aliphatic rings. The number of hydrogen-bond acceptors (Lipinski definition) is 1. The van der Waals surface area contributed by atoms with E-state index in [1.165, 1.54) is 57.8 Å². The zero-order chi connectivity index (χ0) is 12.1. The van der Waals surface area contributed by atoms with Crippen LogP contribution in [0.3, 0.4) is 0 Å². The lowest BCUT2D eigenvalue weighted by Gasteiger charge is -2.35. The lowest BCUT2D eigenvalue weighted by atomic mass is 9.82. The van der Waals surface area contributed by atoms with Gasteiger partial charge in [-0.1, -0.05) is 26.2 Å². The molecule has 0 spiro atoms. The summed E-state index contributed by atoms with van der Waals surface area (Å²) in [4.78, 5) is 0. The van der Waals surface area contributed by atoms with E-state index >= 15 is 0 Å². The Bertz CT molecular complexity index is 205. The monoisotopic (exact) mass is 257 g/mol. The summed E-state index contributed by atoms with van der Waals surface area (Å²) in [5, 5.41) is 3.86. The van der Waals surface area contributed by atoms with E-state index in [9.17, 15) is 0 Å². The highest BCUT2D eigenvalue weighted by Gasteiger charge is 2.26. The average molecular weight is 258 g/mol. The molecule has 0 heterocycles. The number of halogens is 1. The van der Waals surface area contributed by atoms with Crippen LogP contribution in [0.2, 0.25) is 0 Å². The number of rotatable bonds is 4. The Kier molecular flexibility index (Phi) is 5.62. The fourth-order valence-electron chi connectivity index (χ4n) is 3.57. The van der Waals surface area contributed by atoms with Gasteiger partial charge >= 0.3 is 0 Å². The minimum Gasteiger partial charge on any atom is -0.310 e. The second-order valence-electron chi connectivity index (χ2n) is 6.28. The Labute approximate surface area is 112 Å². The van der Waals surface area contributed by atoms with Crippen LogP contribution in [0.5, 0.6) is 0 Å². The molecular formula is C15H28ClN. The smallest absolute Gasteiger partial charge is 0.0380 e. The maximum Gasteiger partial charge on any atom is 0.0380 e. The molecule has 17 heavy (non-hydrogen) atoms. The van der Waals surface area contributed by atoms with Gasteiger partial charge in [-0.2, -0.15) is 0 Å². The van der Waals surface area contributed by atoms with E-state index in [0.29, 0.717) is 6.04 Å². The molecule has 0 aromatic carbocycles. The molecule has 0 saturated heterocycles. The lowest BCUT2D eigenvalue weighted by Crippen LogP contribution is -2.45. The van der Waals surface area contributed by atoms with Crippen LogP contribution < -0.4 is 5.32 Å². The van der Waals surface area contributed by atoms with Crippen LogP contribution in [0, 0.1) is 11.8 Å². The summed E-state index contributed by atoms with van der Waals surface area (Å²) in [6.07, 6.45) is 12.6. The second-order valence-corrected chi connectivity index (χ2v) is 6.59. The molecular weight excluding hydrogens is 230 g/mol. The first-order valence-electron chi connectivity index (χ1n) is 7.61. The molecule has 1 nitrogen and oxygen atoms in total. The SMILES string of the molecule is CC1CCC(NC(CCl)C2CCCCC2)CC1. The van der Waals surface area contributed by atoms with Gasteiger partial charge in [0, 0.05) is 18.0 Å². The molecule has 0 radical (unpaired) electrons. The van der Waals surface area contributed by atoms with Gasteiger partial charge in [-0.25, -0.2) is 0 Å². The molecule has 0 aliphatic heterocycles. The summed E-state index contributed by atoms with van der Waals surface area (Å²) in [7, 11) is 0. The fraction of sp³-hybridized carbons (Fsp3) is 1.00. The predicted octanol–water partition coefficient (Wildman–Crippen LogP) is 4.34. The highest BCUT2D eigenvalue weighted by Crippen LogP contribution is 2.29. The van der Waals surface area contributed by atoms with Crippen molar-refractivity contribution in [3.63, 3.8) is 0 Å². The largest absolute Gasteiger partial charge is 0.310 e. The summed E-state index contributed by atoms with van der Waals surface area (Å²) in [5.41, 5.74) is 0. The first kappa shape index (κ1) is 13.7. The summed E-state index contributed by atoms with van der Waals surface area (Å²) >= 11 is 6.19. The van der Waals surface area contributed by atoms with Gasteiger partial charge in [-0.15, -0.1) is 11.6 Å². The van der Waals surface area contributed by atoms with Crippen LogP contribution in [-0.4, -0.2) is 18.0 Å². The van der Waals surface area contributed by atoms with Gasteiger partial charge < -0.3 is 5.32 Å². The molecule has 0 aromatic heterocycles. The zero-order valence-electron chi connectivity index (χ0n) is 11.3. The predicted molar refractivity (Wildman–Crippen MR) is 75.6 cm³/mol. The topological polar surface area (TPSA) is 12.0 Å². The molecule has 0 aromatic rings. The third kappa shape index (κ3) is 4.13. The summed E-state index contributed by atoms with van der Waals surface area (Å²) in [6.45, 7) is 2.39. The minimum atomic E-state index is 0.579. The molecule has 0 bridgehead atoms. The van der Waals surface area contributed by atoms with Crippen molar-refractivity contribution in [3.05, 3.63) is 0 Å². The Morgan fingerprint density at radius 1 is 1.00 bits per heavy atom. The maximum absolute atomic E-state index is 6.19. The Morgan fingerprint density at radius 3 is 2.24 bits per heavy atom. The normalized spacial score (nSPS) is 33.5. The van der Waals surface area contributed by atoms with Crippen molar-refractivity contribution in [2.24, 2.45) is 11.8 Å². The van der Waals surface area contributed by atoms with Gasteiger partial charge in [0.05, 0.1) is 0 Å². The van der Waals surface area contributed by atoms with Crippen molar-refractivity contribution in [3.8, 4) is 0 Å². The Balaban J connectivity index is 1.78. The van der Waals surface area contributed by atoms with E-state index in [1.807, 2.05) is 0 Å². The van der Waals surface area contributed by atoms with Crippen molar-refractivity contribution < 1.29 is 0 Å². The van der Waals surface area contributed by atoms with Crippen molar-refractivity contribution >= 4 is 11.6 Å². The number of alkyl halides is 1. The first-order valence-corrected chi connectivity index (χ1v) is 8.15. The molecule has 2 aliphatic carbocycles. The van der Waals surface area contributed by atoms with Crippen molar-refractivity contribution in [1.29, 1.82) is 0 Å². The van der Waals surface area contributed by atoms with Crippen molar-refractivity contribution in [1.82, 2.24) is 5.32 Å². The zero-order valence-corrected chi connectivity index (χ0v) is 12.0. The van der Waals surface area contributed by atoms with Gasteiger partial charge in [0.25, 0.3) is 0 Å². The highest BCUT2D eigenvalue weighted by molar-refractivity contribution is 6.18. The van der Waals surface area contributed by atoms with Crippen molar-refractivity contribution in [2.45, 2.75) is 76.8 Å². The Hall–Kier alpha value is 0.250. The third-order valence-corrected chi connectivity index (χ3v) is 5.18. The standard InChI is InChI=1S/C15H28ClN/c1-12-7-9-14(10-8-12)17-15(11-16)13-5-3-2-4-6-13/h12-15,17H,2-11H2,1H3. The molecule has 1 N–H and O–H groups in total. The molecule has 0 amide bonds. The highest BCUT2D eigenvalue weighted by atomic mass is 35.5. The van der Waals surface area contributed by atoms with Gasteiger partial charge in [0.15, 0.2) is 0 Å². The van der Waals surface area contributed by atoms with Gasteiger partial charge in [-0.3, -0.25) is 0 Å². The van der Waals surface area contributed by atoms with E-state index < -0.39 is 0 Å². The van der Waals surface area contributed by atoms with Crippen LogP contribution in [0.15, 0.2) is 0 Å². The third-order valence-electron chi connectivity index (χ3n) is 4.85. The Morgan fingerprint density at radius 2 is 1.65 bits per heavy atom. The summed E-state index contributed by atoms with van der Waals surface area (Å²) < 4.78 is 0. The van der Waals surface area contributed by atoms with E-state index in [0.717, 1.165) is 23.8 Å². The lowest BCUT2D eigenvalue weighted by molar-refractivity contribution is 0.230. The van der Waals surface area contributed by atoms with Gasteiger partial charge in [0.1, 0.15) is 0 Å². The van der Waals surface area contributed by atoms with Crippen LogP contribution in [-0.2, 0) is 0 Å². The number of hydrogen-bond donors (Lipinski definition) is 1. The summed E-state index contributed by atoms with van der Waals surface area (Å²) in [5.74, 6) is 2.59. The van der Waals surface area contributed by atoms with Crippen LogP contribution >= 0.6 is 11.6 Å². The van der Waals surface area contributed by atoms with Crippen molar-refractivity contribution in [2.75, 3.05) is 5.88 Å². The molecule has 100 valence electrons. The van der Waals surface area contributed by atoms with E-state index in [1.54, 1.807) is 0 Å². The molecule has 2 heteroatoms. The average Bonchev–Trinajstić information content (AvgIpc) is 2.39. The fourth-order valence-corrected chi connectivity index (χ4v) is 3.91. The van der Waals surface area contributed by atoms with E-state index in [4.69, 9.17) is 11.6 Å². The quantitative estimate of drug-likeness (QED) is 0.739. The molecule has 1 unspecified atom stereocenters. The maximum atomic E-state index is 6.19.